The highest BCUT2D eigenvalue weighted by molar-refractivity contribution is 7.08. The van der Waals surface area contributed by atoms with Crippen LogP contribution in [0.25, 0.3) is 0 Å². The maximum absolute atomic E-state index is 11.5. The fourth-order valence-corrected chi connectivity index (χ4v) is 1.82. The lowest BCUT2D eigenvalue weighted by Gasteiger charge is -2.05. The van der Waals surface area contributed by atoms with Crippen LogP contribution in [0.2, 0.25) is 0 Å². The highest BCUT2D eigenvalue weighted by Crippen LogP contribution is 2.04. The van der Waals surface area contributed by atoms with Crippen molar-refractivity contribution < 1.29 is 14.7 Å². The van der Waals surface area contributed by atoms with Crippen molar-refractivity contribution in [2.24, 2.45) is 0 Å². The first-order valence-corrected chi connectivity index (χ1v) is 6.36. The van der Waals surface area contributed by atoms with E-state index < -0.39 is 0 Å². The number of hydrogen-bond acceptors (Lipinski definition) is 4. The van der Waals surface area contributed by atoms with Gasteiger partial charge in [-0.2, -0.15) is 11.3 Å². The molecule has 1 aromatic rings. The SMILES string of the molecule is O=C(CCNC(=O)c1ccsc1)NCCCO. The van der Waals surface area contributed by atoms with Crippen molar-refractivity contribution >= 4 is 23.2 Å². The molecule has 0 unspecified atom stereocenters. The third-order valence-corrected chi connectivity index (χ3v) is 2.76. The van der Waals surface area contributed by atoms with E-state index >= 15 is 0 Å². The zero-order valence-corrected chi connectivity index (χ0v) is 10.3. The predicted octanol–water partition coefficient (Wildman–Crippen LogP) is 0.367. The van der Waals surface area contributed by atoms with E-state index in [-0.39, 0.29) is 24.8 Å². The first-order valence-electron chi connectivity index (χ1n) is 5.42. The Hall–Kier alpha value is -1.40. The molecule has 3 N–H and O–H groups in total. The first kappa shape index (κ1) is 13.7. The van der Waals surface area contributed by atoms with Crippen LogP contribution in [-0.4, -0.2) is 36.6 Å². The van der Waals surface area contributed by atoms with Crippen LogP contribution in [0.4, 0.5) is 0 Å². The van der Waals surface area contributed by atoms with Crippen molar-refractivity contribution in [1.82, 2.24) is 10.6 Å². The van der Waals surface area contributed by atoms with Crippen molar-refractivity contribution in [3.63, 3.8) is 0 Å². The van der Waals surface area contributed by atoms with Gasteiger partial charge in [-0.3, -0.25) is 9.59 Å². The van der Waals surface area contributed by atoms with Gasteiger partial charge in [-0.15, -0.1) is 0 Å². The van der Waals surface area contributed by atoms with E-state index in [1.54, 1.807) is 11.4 Å². The van der Waals surface area contributed by atoms with E-state index in [9.17, 15) is 9.59 Å². The number of hydrogen-bond donors (Lipinski definition) is 3. The van der Waals surface area contributed by atoms with E-state index in [4.69, 9.17) is 5.11 Å². The fourth-order valence-electron chi connectivity index (χ4n) is 1.18. The van der Waals surface area contributed by atoms with Crippen molar-refractivity contribution in [1.29, 1.82) is 0 Å². The summed E-state index contributed by atoms with van der Waals surface area (Å²) in [5.74, 6) is -0.279. The maximum atomic E-state index is 11.5. The molecule has 0 aliphatic carbocycles. The first-order chi connectivity index (χ1) is 8.24. The summed E-state index contributed by atoms with van der Waals surface area (Å²) in [4.78, 5) is 22.7. The van der Waals surface area contributed by atoms with Crippen molar-refractivity contribution in [3.05, 3.63) is 22.4 Å². The van der Waals surface area contributed by atoms with Gasteiger partial charge in [0.05, 0.1) is 0 Å². The van der Waals surface area contributed by atoms with Crippen LogP contribution in [0.3, 0.4) is 0 Å². The van der Waals surface area contributed by atoms with Crippen LogP contribution in [0.1, 0.15) is 23.2 Å². The lowest BCUT2D eigenvalue weighted by atomic mass is 10.3. The summed E-state index contributed by atoms with van der Waals surface area (Å²) >= 11 is 1.46. The lowest BCUT2D eigenvalue weighted by molar-refractivity contribution is -0.120. The molecular weight excluding hydrogens is 240 g/mol. The predicted molar refractivity (Wildman–Crippen MR) is 66.0 cm³/mol. The number of carbonyl (C=O) groups is 2. The van der Waals surface area contributed by atoms with Gasteiger partial charge in [0.15, 0.2) is 0 Å². The Bertz CT molecular complexity index is 352. The molecule has 0 saturated carbocycles. The summed E-state index contributed by atoms with van der Waals surface area (Å²) < 4.78 is 0. The summed E-state index contributed by atoms with van der Waals surface area (Å²) in [7, 11) is 0. The van der Waals surface area contributed by atoms with E-state index in [2.05, 4.69) is 10.6 Å². The second kappa shape index (κ2) is 7.81. The molecule has 0 radical (unpaired) electrons. The van der Waals surface area contributed by atoms with Crippen LogP contribution in [0.5, 0.6) is 0 Å². The second-order valence-electron chi connectivity index (χ2n) is 3.45. The van der Waals surface area contributed by atoms with E-state index in [0.717, 1.165) is 0 Å². The monoisotopic (exact) mass is 256 g/mol. The van der Waals surface area contributed by atoms with Crippen molar-refractivity contribution in [2.75, 3.05) is 19.7 Å². The Labute approximate surface area is 104 Å². The summed E-state index contributed by atoms with van der Waals surface area (Å²) in [6.45, 7) is 0.850. The Balaban J connectivity index is 2.11. The molecule has 0 saturated heterocycles. The Morgan fingerprint density at radius 1 is 1.29 bits per heavy atom. The van der Waals surface area contributed by atoms with Gasteiger partial charge in [-0.25, -0.2) is 0 Å². The molecule has 0 fully saturated rings. The van der Waals surface area contributed by atoms with Gasteiger partial charge in [0.2, 0.25) is 5.91 Å². The molecule has 2 amide bonds. The molecule has 0 aliphatic heterocycles. The van der Waals surface area contributed by atoms with Crippen molar-refractivity contribution in [3.8, 4) is 0 Å². The van der Waals surface area contributed by atoms with E-state index in [0.29, 0.717) is 25.1 Å². The van der Waals surface area contributed by atoms with Gasteiger partial charge >= 0.3 is 0 Å². The summed E-state index contributed by atoms with van der Waals surface area (Å²) in [6.07, 6.45) is 0.800. The topological polar surface area (TPSA) is 78.4 Å². The minimum absolute atomic E-state index is 0.0647. The molecule has 94 valence electrons. The number of rotatable bonds is 7. The Kier molecular flexibility index (Phi) is 6.27. The Morgan fingerprint density at radius 2 is 2.12 bits per heavy atom. The second-order valence-corrected chi connectivity index (χ2v) is 4.23. The van der Waals surface area contributed by atoms with Crippen LogP contribution in [0.15, 0.2) is 16.8 Å². The van der Waals surface area contributed by atoms with Gasteiger partial charge < -0.3 is 15.7 Å². The standard InChI is InChI=1S/C11H16N2O3S/c14-6-1-4-12-10(15)2-5-13-11(16)9-3-7-17-8-9/h3,7-8,14H,1-2,4-6H2,(H,12,15)(H,13,16). The third-order valence-electron chi connectivity index (χ3n) is 2.08. The summed E-state index contributed by atoms with van der Waals surface area (Å²) in [6, 6.07) is 1.74. The maximum Gasteiger partial charge on any atom is 0.252 e. The van der Waals surface area contributed by atoms with Gasteiger partial charge in [0, 0.05) is 37.1 Å². The normalized spacial score (nSPS) is 9.94. The molecule has 0 spiro atoms. The number of thiophene rings is 1. The highest BCUT2D eigenvalue weighted by Gasteiger charge is 2.06. The molecule has 0 aromatic carbocycles. The average molecular weight is 256 g/mol. The minimum Gasteiger partial charge on any atom is -0.396 e. The van der Waals surface area contributed by atoms with E-state index in [1.165, 1.54) is 11.3 Å². The lowest BCUT2D eigenvalue weighted by Crippen LogP contribution is -2.31. The largest absolute Gasteiger partial charge is 0.396 e. The fraction of sp³-hybridized carbons (Fsp3) is 0.455. The van der Waals surface area contributed by atoms with Crippen LogP contribution < -0.4 is 10.6 Å². The highest BCUT2D eigenvalue weighted by atomic mass is 32.1. The van der Waals surface area contributed by atoms with Crippen molar-refractivity contribution in [2.45, 2.75) is 12.8 Å². The molecule has 0 aliphatic rings. The molecule has 0 bridgehead atoms. The summed E-state index contributed by atoms with van der Waals surface area (Å²) in [5.41, 5.74) is 0.621. The molecule has 17 heavy (non-hydrogen) atoms. The van der Waals surface area contributed by atoms with Gasteiger partial charge in [0.1, 0.15) is 0 Å². The Morgan fingerprint density at radius 3 is 2.76 bits per heavy atom. The average Bonchev–Trinajstić information content (AvgIpc) is 2.82. The number of aliphatic hydroxyl groups is 1. The van der Waals surface area contributed by atoms with Gasteiger partial charge in [-0.05, 0) is 17.9 Å². The van der Waals surface area contributed by atoms with Crippen LogP contribution in [-0.2, 0) is 4.79 Å². The van der Waals surface area contributed by atoms with E-state index in [1.807, 2.05) is 5.38 Å². The minimum atomic E-state index is -0.158. The molecule has 6 heteroatoms. The molecule has 0 atom stereocenters. The van der Waals surface area contributed by atoms with Crippen LogP contribution in [0, 0.1) is 0 Å². The number of nitrogens with one attached hydrogen (secondary N) is 2. The quantitative estimate of drug-likeness (QED) is 0.617. The number of carbonyl (C=O) groups excluding carboxylic acids is 2. The summed E-state index contributed by atoms with van der Waals surface area (Å²) in [5, 5.41) is 17.4. The van der Waals surface area contributed by atoms with Crippen LogP contribution >= 0.6 is 11.3 Å². The molecular formula is C11H16N2O3S. The zero-order valence-electron chi connectivity index (χ0n) is 9.44. The smallest absolute Gasteiger partial charge is 0.252 e. The molecule has 5 nitrogen and oxygen atoms in total. The molecule has 1 rings (SSSR count). The zero-order chi connectivity index (χ0) is 12.5. The van der Waals surface area contributed by atoms with Gasteiger partial charge in [0.25, 0.3) is 5.91 Å². The molecule has 1 aromatic heterocycles. The number of aliphatic hydroxyl groups excluding tert-OH is 1. The number of amides is 2. The van der Waals surface area contributed by atoms with Gasteiger partial charge in [-0.1, -0.05) is 0 Å². The molecule has 1 heterocycles. The third kappa shape index (κ3) is 5.46.